The van der Waals surface area contributed by atoms with Gasteiger partial charge in [0.1, 0.15) is 12.2 Å². The van der Waals surface area contributed by atoms with Crippen molar-refractivity contribution in [1.29, 1.82) is 5.26 Å². The minimum absolute atomic E-state index is 0.0269. The molecular weight excluding hydrogens is 316 g/mol. The highest BCUT2D eigenvalue weighted by atomic mass is 16.5. The van der Waals surface area contributed by atoms with Crippen molar-refractivity contribution in [3.05, 3.63) is 18.1 Å². The Kier molecular flexibility index (Phi) is 7.65. The molecule has 0 aromatic carbocycles. The molecule has 0 unspecified atom stereocenters. The number of rotatable bonds is 8. The molecule has 1 heterocycles. The number of ether oxygens (including phenoxy) is 1. The fourth-order valence-electron chi connectivity index (χ4n) is 3.39. The van der Waals surface area contributed by atoms with Crippen molar-refractivity contribution in [3.63, 3.8) is 0 Å². The van der Waals surface area contributed by atoms with Gasteiger partial charge in [0, 0.05) is 24.4 Å². The third-order valence-electron chi connectivity index (χ3n) is 4.71. The van der Waals surface area contributed by atoms with Gasteiger partial charge in [-0.15, -0.1) is 0 Å². The molecule has 0 saturated heterocycles. The lowest BCUT2D eigenvalue weighted by Crippen LogP contribution is -2.42. The highest BCUT2D eigenvalue weighted by molar-refractivity contribution is 5.78. The van der Waals surface area contributed by atoms with Crippen LogP contribution in [-0.4, -0.2) is 28.0 Å². The second kappa shape index (κ2) is 9.97. The van der Waals surface area contributed by atoms with E-state index in [2.05, 4.69) is 29.1 Å². The number of hydrogen-bond donors (Lipinski definition) is 1. The summed E-state index contributed by atoms with van der Waals surface area (Å²) >= 11 is 0. The Morgan fingerprint density at radius 3 is 2.48 bits per heavy atom. The van der Waals surface area contributed by atoms with Crippen LogP contribution < -0.4 is 10.1 Å². The maximum absolute atomic E-state index is 12.5. The van der Waals surface area contributed by atoms with E-state index in [1.54, 1.807) is 0 Å². The fraction of sp³-hybridized carbons (Fsp3) is 0.684. The average Bonchev–Trinajstić information content (AvgIpc) is 2.63. The quantitative estimate of drug-likeness (QED) is 0.781. The topological polar surface area (TPSA) is 87.9 Å². The van der Waals surface area contributed by atoms with Crippen molar-refractivity contribution in [1.82, 2.24) is 15.3 Å². The molecule has 1 saturated carbocycles. The van der Waals surface area contributed by atoms with Crippen LogP contribution in [0.4, 0.5) is 0 Å². The summed E-state index contributed by atoms with van der Waals surface area (Å²) in [4.78, 5) is 20.5. The van der Waals surface area contributed by atoms with Gasteiger partial charge in [-0.3, -0.25) is 4.79 Å². The minimum atomic E-state index is 0.0269. The van der Waals surface area contributed by atoms with E-state index in [-0.39, 0.29) is 29.7 Å². The Morgan fingerprint density at radius 2 is 1.88 bits per heavy atom. The van der Waals surface area contributed by atoms with Crippen LogP contribution in [0.5, 0.6) is 5.88 Å². The highest BCUT2D eigenvalue weighted by Crippen LogP contribution is 2.24. The van der Waals surface area contributed by atoms with Gasteiger partial charge in [0.25, 0.3) is 5.88 Å². The van der Waals surface area contributed by atoms with Gasteiger partial charge in [-0.1, -0.05) is 26.7 Å². The largest absolute Gasteiger partial charge is 0.472 e. The Hall–Kier alpha value is -2.16. The van der Waals surface area contributed by atoms with Crippen LogP contribution in [0.3, 0.4) is 0 Å². The Balaban J connectivity index is 1.81. The maximum Gasteiger partial charge on any atom is 0.251 e. The molecule has 0 spiro atoms. The van der Waals surface area contributed by atoms with Crippen LogP contribution >= 0.6 is 0 Å². The molecule has 1 fully saturated rings. The molecule has 6 nitrogen and oxygen atoms in total. The van der Waals surface area contributed by atoms with Gasteiger partial charge in [-0.2, -0.15) is 5.26 Å². The van der Waals surface area contributed by atoms with Crippen molar-refractivity contribution in [2.75, 3.05) is 0 Å². The third-order valence-corrected chi connectivity index (χ3v) is 4.71. The Bertz CT molecular complexity index is 585. The van der Waals surface area contributed by atoms with Crippen molar-refractivity contribution >= 4 is 5.91 Å². The van der Waals surface area contributed by atoms with Crippen LogP contribution in [0, 0.1) is 17.2 Å². The zero-order valence-corrected chi connectivity index (χ0v) is 15.2. The number of nitriles is 1. The molecule has 1 aliphatic carbocycles. The summed E-state index contributed by atoms with van der Waals surface area (Å²) < 4.78 is 5.85. The highest BCUT2D eigenvalue weighted by Gasteiger charge is 2.26. The number of nitrogens with one attached hydrogen (secondary N) is 1. The van der Waals surface area contributed by atoms with Gasteiger partial charge >= 0.3 is 0 Å². The lowest BCUT2D eigenvalue weighted by Gasteiger charge is -2.30. The number of hydrogen-bond acceptors (Lipinski definition) is 5. The summed E-state index contributed by atoms with van der Waals surface area (Å²) in [5.74, 6) is 0.652. The first kappa shape index (κ1) is 19.2. The predicted molar refractivity (Wildman–Crippen MR) is 94.9 cm³/mol. The molecule has 1 N–H and O–H groups in total. The zero-order chi connectivity index (χ0) is 18.1. The Morgan fingerprint density at radius 1 is 1.24 bits per heavy atom. The summed E-state index contributed by atoms with van der Waals surface area (Å²) in [7, 11) is 0. The average molecular weight is 344 g/mol. The zero-order valence-electron chi connectivity index (χ0n) is 15.2. The molecule has 136 valence electrons. The van der Waals surface area contributed by atoms with E-state index in [9.17, 15) is 4.79 Å². The number of carbonyl (C=O) groups is 1. The van der Waals surface area contributed by atoms with E-state index < -0.39 is 0 Å². The van der Waals surface area contributed by atoms with Gasteiger partial charge in [0.05, 0.1) is 0 Å². The Labute approximate surface area is 150 Å². The molecule has 0 aliphatic heterocycles. The second-order valence-electron chi connectivity index (χ2n) is 6.70. The molecule has 0 radical (unpaired) electrons. The van der Waals surface area contributed by atoms with Crippen LogP contribution in [0.25, 0.3) is 0 Å². The van der Waals surface area contributed by atoms with E-state index in [0.29, 0.717) is 5.88 Å². The van der Waals surface area contributed by atoms with E-state index in [4.69, 9.17) is 10.00 Å². The molecule has 25 heavy (non-hydrogen) atoms. The summed E-state index contributed by atoms with van der Waals surface area (Å²) in [6.45, 7) is 4.25. The molecule has 0 atom stereocenters. The molecule has 1 amide bonds. The second-order valence-corrected chi connectivity index (χ2v) is 6.70. The molecule has 2 rings (SSSR count). The van der Waals surface area contributed by atoms with E-state index in [1.807, 2.05) is 6.07 Å². The van der Waals surface area contributed by atoms with Gasteiger partial charge < -0.3 is 10.1 Å². The predicted octanol–water partition coefficient (Wildman–Crippen LogP) is 3.37. The summed E-state index contributed by atoms with van der Waals surface area (Å²) in [6, 6.07) is 2.22. The lowest BCUT2D eigenvalue weighted by molar-refractivity contribution is -0.126. The van der Waals surface area contributed by atoms with Crippen molar-refractivity contribution < 1.29 is 9.53 Å². The van der Waals surface area contributed by atoms with Crippen molar-refractivity contribution in [3.8, 4) is 11.9 Å². The van der Waals surface area contributed by atoms with E-state index in [1.165, 1.54) is 12.4 Å². The monoisotopic (exact) mass is 344 g/mol. The van der Waals surface area contributed by atoms with Crippen molar-refractivity contribution in [2.45, 2.75) is 77.4 Å². The van der Waals surface area contributed by atoms with E-state index in [0.717, 1.165) is 51.4 Å². The minimum Gasteiger partial charge on any atom is -0.472 e. The molecular formula is C19H28N4O2. The molecule has 0 bridgehead atoms. The summed E-state index contributed by atoms with van der Waals surface area (Å²) in [6.07, 6.45) is 10.5. The molecule has 6 heteroatoms. The molecule has 1 aromatic rings. The normalized spacial score (nSPS) is 20.1. The van der Waals surface area contributed by atoms with Crippen molar-refractivity contribution in [2.24, 2.45) is 5.92 Å². The summed E-state index contributed by atoms with van der Waals surface area (Å²) in [5, 5.41) is 12.3. The first-order valence-electron chi connectivity index (χ1n) is 9.36. The first-order chi connectivity index (χ1) is 12.2. The van der Waals surface area contributed by atoms with E-state index >= 15 is 0 Å². The van der Waals surface area contributed by atoms with Gasteiger partial charge in [-0.05, 0) is 38.5 Å². The SMILES string of the molecule is CCCC(CCC)C(=O)NC1CCC(Oc2nccnc2C#N)CC1. The standard InChI is InChI=1S/C19H28N4O2/c1-3-5-14(6-4-2)18(24)23-15-7-9-16(10-8-15)25-19-17(13-20)21-11-12-22-19/h11-12,14-16H,3-10H2,1-2H3,(H,23,24). The summed E-state index contributed by atoms with van der Waals surface area (Å²) in [5.41, 5.74) is 0.222. The number of carbonyl (C=O) groups excluding carboxylic acids is 1. The van der Waals surface area contributed by atoms with Gasteiger partial charge in [-0.25, -0.2) is 9.97 Å². The fourth-order valence-corrected chi connectivity index (χ4v) is 3.39. The van der Waals surface area contributed by atoms with Crippen LogP contribution in [0.15, 0.2) is 12.4 Å². The first-order valence-corrected chi connectivity index (χ1v) is 9.36. The number of nitrogens with zero attached hydrogens (tertiary/aromatic N) is 3. The molecule has 1 aromatic heterocycles. The number of amides is 1. The third kappa shape index (κ3) is 5.70. The number of aromatic nitrogens is 2. The van der Waals surface area contributed by atoms with Crippen LogP contribution in [-0.2, 0) is 4.79 Å². The van der Waals surface area contributed by atoms with Gasteiger partial charge in [0.2, 0.25) is 11.6 Å². The molecule has 1 aliphatic rings. The smallest absolute Gasteiger partial charge is 0.251 e. The maximum atomic E-state index is 12.5. The lowest BCUT2D eigenvalue weighted by atomic mass is 9.91. The van der Waals surface area contributed by atoms with Crippen LogP contribution in [0.1, 0.15) is 70.9 Å². The van der Waals surface area contributed by atoms with Gasteiger partial charge in [0.15, 0.2) is 0 Å². The van der Waals surface area contributed by atoms with Crippen LogP contribution in [0.2, 0.25) is 0 Å².